The molecule has 10 N–H and O–H groups in total. The molecule has 1 aliphatic rings. The summed E-state index contributed by atoms with van der Waals surface area (Å²) in [5, 5.41) is 27.1. The summed E-state index contributed by atoms with van der Waals surface area (Å²) in [6.45, 7) is 0. The quantitative estimate of drug-likeness (QED) is 0.131. The van der Waals surface area contributed by atoms with E-state index >= 15 is 0 Å². The second kappa shape index (κ2) is 8.45. The predicted molar refractivity (Wildman–Crippen MR) is 100 cm³/mol. The average Bonchev–Trinajstić information content (AvgIpc) is 3.14. The van der Waals surface area contributed by atoms with Crippen molar-refractivity contribution in [1.82, 2.24) is 19.5 Å². The van der Waals surface area contributed by atoms with Crippen LogP contribution in [0.25, 0.3) is 11.2 Å². The molecule has 1 aliphatic heterocycles. The van der Waals surface area contributed by atoms with Gasteiger partial charge in [-0.2, -0.15) is 0 Å². The maximum Gasteiger partial charge on any atom is 0.358 e. The van der Waals surface area contributed by atoms with E-state index < -0.39 is 58.8 Å². The van der Waals surface area contributed by atoms with Crippen molar-refractivity contribution in [2.24, 2.45) is 0 Å². The number of imidazole rings is 1. The Morgan fingerprint density at radius 1 is 1.03 bits per heavy atom. The third kappa shape index (κ3) is 4.64. The molecule has 1 fully saturated rings. The minimum Gasteiger partial charge on any atom is -0.387 e. The van der Waals surface area contributed by atoms with Gasteiger partial charge in [-0.25, -0.2) is 15.0 Å². The Morgan fingerprint density at radius 2 is 1.62 bits per heavy atom. The standard InChI is InChI=1S/C11H18N5O13P3/c12-7-3-8(14-1-13-7)16(2-15-3)9-5(18)4(17)6(28-9)10(19)29-32(26,27)11(30(20,21)22)31(23,24)25/h1-2,4-6,9-11,17-19H,(H,26,27)(H2,12,13,14)(H2,20,21,22)(H2,23,24,25)/t4-,5+,6-,9+,10?/m0/s1. The van der Waals surface area contributed by atoms with Crippen molar-refractivity contribution in [3.63, 3.8) is 0 Å². The third-order valence-electron chi connectivity index (χ3n) is 4.37. The van der Waals surface area contributed by atoms with Crippen LogP contribution < -0.4 is 5.73 Å². The van der Waals surface area contributed by atoms with Crippen LogP contribution in [-0.2, 0) is 23.0 Å². The number of nitrogen functional groups attached to an aromatic ring is 1. The molecule has 0 spiro atoms. The summed E-state index contributed by atoms with van der Waals surface area (Å²) >= 11 is 0. The lowest BCUT2D eigenvalue weighted by Crippen LogP contribution is -2.40. The number of aliphatic hydroxyl groups is 3. The van der Waals surface area contributed by atoms with Crippen molar-refractivity contribution in [2.45, 2.75) is 36.0 Å². The molecule has 0 bridgehead atoms. The minimum atomic E-state index is -5.93. The average molecular weight is 521 g/mol. The van der Waals surface area contributed by atoms with Gasteiger partial charge >= 0.3 is 22.8 Å². The molecule has 3 heterocycles. The summed E-state index contributed by atoms with van der Waals surface area (Å²) in [7, 11) is -17.8. The van der Waals surface area contributed by atoms with E-state index in [0.29, 0.717) is 0 Å². The highest BCUT2D eigenvalue weighted by atomic mass is 31.3. The summed E-state index contributed by atoms with van der Waals surface area (Å²) < 4.78 is 45.5. The lowest BCUT2D eigenvalue weighted by atomic mass is 10.1. The van der Waals surface area contributed by atoms with Crippen molar-refractivity contribution >= 4 is 39.8 Å². The fourth-order valence-electron chi connectivity index (χ4n) is 3.05. The Kier molecular flexibility index (Phi) is 6.67. The number of hydrogen-bond donors (Lipinski definition) is 9. The van der Waals surface area contributed by atoms with E-state index in [1.165, 1.54) is 0 Å². The monoisotopic (exact) mass is 521 g/mol. The van der Waals surface area contributed by atoms with Crippen LogP contribution in [0, 0.1) is 0 Å². The number of nitrogens with two attached hydrogens (primary N) is 1. The fraction of sp³-hybridized carbons (Fsp3) is 0.545. The van der Waals surface area contributed by atoms with Crippen LogP contribution in [0.3, 0.4) is 0 Å². The van der Waals surface area contributed by atoms with Crippen LogP contribution in [0.4, 0.5) is 5.82 Å². The fourth-order valence-corrected chi connectivity index (χ4v) is 8.53. The molecule has 2 unspecified atom stereocenters. The lowest BCUT2D eigenvalue weighted by Gasteiger charge is -2.28. The Balaban J connectivity index is 1.87. The van der Waals surface area contributed by atoms with Crippen molar-refractivity contribution < 1.29 is 62.7 Å². The van der Waals surface area contributed by atoms with Crippen molar-refractivity contribution in [3.05, 3.63) is 12.7 Å². The van der Waals surface area contributed by atoms with Gasteiger partial charge in [0.2, 0.25) is 0 Å². The second-order valence-corrected chi connectivity index (χ2v) is 13.1. The van der Waals surface area contributed by atoms with Gasteiger partial charge in [-0.05, 0) is 0 Å². The summed E-state index contributed by atoms with van der Waals surface area (Å²) in [6, 6.07) is 0. The Bertz CT molecular complexity index is 1130. The number of aromatic nitrogens is 4. The number of hydrogen-bond acceptors (Lipinski definition) is 12. The van der Waals surface area contributed by atoms with Crippen LogP contribution in [0.15, 0.2) is 12.7 Å². The van der Waals surface area contributed by atoms with Gasteiger partial charge in [0.1, 0.15) is 30.2 Å². The highest BCUT2D eigenvalue weighted by Crippen LogP contribution is 2.75. The first-order chi connectivity index (χ1) is 14.6. The highest BCUT2D eigenvalue weighted by Gasteiger charge is 2.59. The van der Waals surface area contributed by atoms with Crippen LogP contribution in [0.5, 0.6) is 0 Å². The Hall–Kier alpha value is -1.36. The van der Waals surface area contributed by atoms with Crippen LogP contribution in [0.1, 0.15) is 6.23 Å². The molecule has 0 radical (unpaired) electrons. The SMILES string of the molecule is Nc1ncnc2c1ncn2[C@@H]1O[C@H](C(O)OP(=O)(O)C(P(=O)(O)O)P(=O)(O)O)[C@@H](O)[C@H]1O. The Labute approximate surface area is 177 Å². The zero-order chi connectivity index (χ0) is 24.2. The van der Waals surface area contributed by atoms with Gasteiger partial charge < -0.3 is 50.3 Å². The highest BCUT2D eigenvalue weighted by molar-refractivity contribution is 7.87. The maximum atomic E-state index is 12.2. The van der Waals surface area contributed by atoms with Crippen molar-refractivity contribution in [1.29, 1.82) is 0 Å². The molecule has 18 nitrogen and oxygen atoms in total. The zero-order valence-electron chi connectivity index (χ0n) is 15.4. The molecule has 2 aromatic heterocycles. The predicted octanol–water partition coefficient (Wildman–Crippen LogP) is -2.81. The normalized spacial score (nSPS) is 27.7. The van der Waals surface area contributed by atoms with E-state index in [1.807, 2.05) is 0 Å². The number of ether oxygens (including phenoxy) is 1. The van der Waals surface area contributed by atoms with Crippen LogP contribution >= 0.6 is 22.8 Å². The topological polar surface area (TPSA) is 301 Å². The molecule has 0 amide bonds. The van der Waals surface area contributed by atoms with Gasteiger partial charge in [0.05, 0.1) is 6.33 Å². The van der Waals surface area contributed by atoms with E-state index in [-0.39, 0.29) is 17.0 Å². The zero-order valence-corrected chi connectivity index (χ0v) is 18.1. The van der Waals surface area contributed by atoms with E-state index in [9.17, 15) is 33.9 Å². The molecule has 6 atom stereocenters. The van der Waals surface area contributed by atoms with Crippen molar-refractivity contribution in [2.75, 3.05) is 5.73 Å². The molecule has 180 valence electrons. The van der Waals surface area contributed by atoms with E-state index in [0.717, 1.165) is 17.2 Å². The van der Waals surface area contributed by atoms with E-state index in [4.69, 9.17) is 30.0 Å². The molecule has 0 aromatic carbocycles. The second-order valence-electron chi connectivity index (χ2n) is 6.64. The van der Waals surface area contributed by atoms with E-state index in [2.05, 4.69) is 19.5 Å². The van der Waals surface area contributed by atoms with Gasteiger partial charge in [0.25, 0.3) is 5.14 Å². The summed E-state index contributed by atoms with van der Waals surface area (Å²) in [5.41, 5.74) is 5.79. The van der Waals surface area contributed by atoms with Crippen LogP contribution in [-0.4, -0.2) is 89.0 Å². The first-order valence-corrected chi connectivity index (χ1v) is 13.3. The third-order valence-corrected chi connectivity index (χ3v) is 12.0. The molecule has 2 aromatic rings. The van der Waals surface area contributed by atoms with Crippen molar-refractivity contribution in [3.8, 4) is 0 Å². The Morgan fingerprint density at radius 3 is 2.19 bits per heavy atom. The first-order valence-electron chi connectivity index (χ1n) is 8.29. The summed E-state index contributed by atoms with van der Waals surface area (Å²) in [4.78, 5) is 57.7. The minimum absolute atomic E-state index is 0.0242. The number of anilines is 1. The van der Waals surface area contributed by atoms with Gasteiger partial charge in [-0.15, -0.1) is 0 Å². The molecule has 1 saturated heterocycles. The molecule has 32 heavy (non-hydrogen) atoms. The number of fused-ring (bicyclic) bond motifs is 1. The van der Waals surface area contributed by atoms with Gasteiger partial charge in [0.15, 0.2) is 24.0 Å². The molecule has 0 aliphatic carbocycles. The summed E-state index contributed by atoms with van der Waals surface area (Å²) in [5.74, 6) is -0.0242. The van der Waals surface area contributed by atoms with Crippen LogP contribution in [0.2, 0.25) is 0 Å². The number of rotatable bonds is 7. The van der Waals surface area contributed by atoms with Gasteiger partial charge in [0, 0.05) is 0 Å². The van der Waals surface area contributed by atoms with Gasteiger partial charge in [-0.3, -0.25) is 22.8 Å². The lowest BCUT2D eigenvalue weighted by molar-refractivity contribution is -0.156. The molecular weight excluding hydrogens is 503 g/mol. The molecule has 3 rings (SSSR count). The smallest absolute Gasteiger partial charge is 0.358 e. The largest absolute Gasteiger partial charge is 0.387 e. The number of aliphatic hydroxyl groups excluding tert-OH is 3. The maximum absolute atomic E-state index is 12.2. The molecular formula is C11H18N5O13P3. The first kappa shape index (κ1) is 25.3. The summed E-state index contributed by atoms with van der Waals surface area (Å²) in [6.07, 6.45) is -7.85. The molecule has 0 saturated carbocycles. The van der Waals surface area contributed by atoms with Gasteiger partial charge in [-0.1, -0.05) is 0 Å². The van der Waals surface area contributed by atoms with E-state index in [1.54, 1.807) is 0 Å². The molecule has 21 heteroatoms. The number of nitrogens with zero attached hydrogens (tertiary/aromatic N) is 4.